The lowest BCUT2D eigenvalue weighted by atomic mass is 10.0. The van der Waals surface area contributed by atoms with Crippen molar-refractivity contribution in [1.29, 1.82) is 0 Å². The molecule has 0 bridgehead atoms. The maximum absolute atomic E-state index is 11.0. The molecule has 0 fully saturated rings. The lowest BCUT2D eigenvalue weighted by Gasteiger charge is -2.15. The zero-order valence-electron chi connectivity index (χ0n) is 15.9. The molecule has 0 saturated heterocycles. The molecule has 0 aromatic rings. The number of carbonyl (C=O) groups is 1. The molecule has 3 unspecified atom stereocenters. The van der Waals surface area contributed by atoms with Gasteiger partial charge in [-0.3, -0.25) is 0 Å². The highest BCUT2D eigenvalue weighted by Gasteiger charge is 2.13. The van der Waals surface area contributed by atoms with Crippen LogP contribution in [0.15, 0.2) is 0 Å². The van der Waals surface area contributed by atoms with E-state index in [4.69, 9.17) is 9.84 Å². The van der Waals surface area contributed by atoms with Gasteiger partial charge in [0.05, 0.1) is 6.61 Å². The first-order valence-electron chi connectivity index (χ1n) is 9.27. The Morgan fingerprint density at radius 1 is 0.955 bits per heavy atom. The number of hydrogen-bond donors (Lipinski definition) is 1. The predicted octanol–water partition coefficient (Wildman–Crippen LogP) is 5.35. The highest BCUT2D eigenvalue weighted by atomic mass is 16.5. The van der Waals surface area contributed by atoms with Crippen LogP contribution in [-0.4, -0.2) is 23.8 Å². The summed E-state index contributed by atoms with van der Waals surface area (Å²) in [6.07, 6.45) is 8.99. The smallest absolute Gasteiger partial charge is 0.334 e. The third-order valence-electron chi connectivity index (χ3n) is 4.09. The molecule has 3 heteroatoms. The summed E-state index contributed by atoms with van der Waals surface area (Å²) in [6.45, 7) is 13.0. The Balaban J connectivity index is 0. The van der Waals surface area contributed by atoms with Gasteiger partial charge in [0, 0.05) is 0 Å². The highest BCUT2D eigenvalue weighted by molar-refractivity contribution is 5.73. The van der Waals surface area contributed by atoms with Crippen LogP contribution in [0.2, 0.25) is 0 Å². The van der Waals surface area contributed by atoms with Crippen LogP contribution in [-0.2, 0) is 9.53 Å². The first-order chi connectivity index (χ1) is 10.4. The van der Waals surface area contributed by atoms with E-state index >= 15 is 0 Å². The average molecular weight is 317 g/mol. The fraction of sp³-hybridized carbons (Fsp3) is 0.947. The molecule has 0 radical (unpaired) electrons. The maximum atomic E-state index is 11.0. The standard InChI is InChI=1S/C11H22O3.C8H18/c1-4-6-7-10(5-2)8-14-11(13)9(3)12;1-4-6-7-8(3)5-2/h9-10,12H,4-8H2,1-3H3;8H,4-7H2,1-3H3. The lowest BCUT2D eigenvalue weighted by Crippen LogP contribution is -2.22. The van der Waals surface area contributed by atoms with Crippen molar-refractivity contribution in [3.63, 3.8) is 0 Å². The van der Waals surface area contributed by atoms with Gasteiger partial charge >= 0.3 is 5.97 Å². The van der Waals surface area contributed by atoms with E-state index in [0.29, 0.717) is 12.5 Å². The zero-order chi connectivity index (χ0) is 17.4. The minimum atomic E-state index is -1.00. The predicted molar refractivity (Wildman–Crippen MR) is 94.9 cm³/mol. The van der Waals surface area contributed by atoms with Gasteiger partial charge in [0.2, 0.25) is 0 Å². The molecule has 22 heavy (non-hydrogen) atoms. The van der Waals surface area contributed by atoms with E-state index in [1.807, 2.05) is 0 Å². The second-order valence-electron chi connectivity index (χ2n) is 6.38. The van der Waals surface area contributed by atoms with Gasteiger partial charge in [0.15, 0.2) is 0 Å². The Bertz CT molecular complexity index is 239. The second kappa shape index (κ2) is 16.8. The number of unbranched alkanes of at least 4 members (excludes halogenated alkanes) is 2. The molecule has 134 valence electrons. The van der Waals surface area contributed by atoms with Crippen molar-refractivity contribution >= 4 is 5.97 Å². The molecule has 0 heterocycles. The average Bonchev–Trinajstić information content (AvgIpc) is 2.52. The summed E-state index contributed by atoms with van der Waals surface area (Å²) in [4.78, 5) is 11.0. The molecule has 1 N–H and O–H groups in total. The summed E-state index contributed by atoms with van der Waals surface area (Å²) in [7, 11) is 0. The van der Waals surface area contributed by atoms with Crippen molar-refractivity contribution in [2.75, 3.05) is 6.61 Å². The maximum Gasteiger partial charge on any atom is 0.334 e. The first-order valence-corrected chi connectivity index (χ1v) is 9.27. The SMILES string of the molecule is CCCCC(C)CC.CCCCC(CC)COC(=O)C(C)O. The number of carbonyl (C=O) groups excluding carboxylic acids is 1. The molecule has 0 aliphatic heterocycles. The van der Waals surface area contributed by atoms with E-state index in [2.05, 4.69) is 34.6 Å². The van der Waals surface area contributed by atoms with Gasteiger partial charge in [0.25, 0.3) is 0 Å². The van der Waals surface area contributed by atoms with Crippen LogP contribution in [0.3, 0.4) is 0 Å². The number of aliphatic hydroxyl groups is 1. The number of ether oxygens (including phenoxy) is 1. The molecule has 3 atom stereocenters. The summed E-state index contributed by atoms with van der Waals surface area (Å²) in [5.41, 5.74) is 0. The topological polar surface area (TPSA) is 46.5 Å². The number of aliphatic hydroxyl groups excluding tert-OH is 1. The number of hydrogen-bond acceptors (Lipinski definition) is 3. The Labute approximate surface area is 138 Å². The van der Waals surface area contributed by atoms with Crippen molar-refractivity contribution in [2.45, 2.75) is 99.0 Å². The van der Waals surface area contributed by atoms with Crippen molar-refractivity contribution in [2.24, 2.45) is 11.8 Å². The van der Waals surface area contributed by atoms with Crippen LogP contribution in [0, 0.1) is 11.8 Å². The molecule has 0 saturated carbocycles. The molecule has 0 aliphatic carbocycles. The van der Waals surface area contributed by atoms with E-state index < -0.39 is 12.1 Å². The minimum Gasteiger partial charge on any atom is -0.463 e. The van der Waals surface area contributed by atoms with Gasteiger partial charge in [0.1, 0.15) is 6.10 Å². The highest BCUT2D eigenvalue weighted by Crippen LogP contribution is 2.13. The van der Waals surface area contributed by atoms with E-state index in [1.165, 1.54) is 45.4 Å². The van der Waals surface area contributed by atoms with E-state index in [-0.39, 0.29) is 0 Å². The van der Waals surface area contributed by atoms with Gasteiger partial charge in [-0.2, -0.15) is 0 Å². The van der Waals surface area contributed by atoms with Gasteiger partial charge in [-0.05, 0) is 25.2 Å². The molecule has 0 aromatic carbocycles. The third-order valence-corrected chi connectivity index (χ3v) is 4.09. The summed E-state index contributed by atoms with van der Waals surface area (Å²) in [5, 5.41) is 8.91. The Kier molecular flexibility index (Phi) is 18.1. The van der Waals surface area contributed by atoms with Crippen molar-refractivity contribution in [3.05, 3.63) is 0 Å². The monoisotopic (exact) mass is 316 g/mol. The Hall–Kier alpha value is -0.570. The second-order valence-corrected chi connectivity index (χ2v) is 6.38. The summed E-state index contributed by atoms with van der Waals surface area (Å²) >= 11 is 0. The normalized spacial score (nSPS) is 14.5. The molecule has 0 aromatic heterocycles. The van der Waals surface area contributed by atoms with Gasteiger partial charge in [-0.25, -0.2) is 4.79 Å². The summed E-state index contributed by atoms with van der Waals surface area (Å²) in [6, 6.07) is 0. The molecule has 0 rings (SSSR count). The third kappa shape index (κ3) is 15.8. The van der Waals surface area contributed by atoms with Crippen molar-refractivity contribution in [3.8, 4) is 0 Å². The number of rotatable bonds is 11. The molecular weight excluding hydrogens is 276 g/mol. The van der Waals surface area contributed by atoms with Gasteiger partial charge in [-0.15, -0.1) is 0 Å². The molecule has 3 nitrogen and oxygen atoms in total. The van der Waals surface area contributed by atoms with Gasteiger partial charge in [-0.1, -0.05) is 79.6 Å². The fourth-order valence-corrected chi connectivity index (χ4v) is 1.98. The molecule has 0 amide bonds. The first kappa shape index (κ1) is 23.7. The summed E-state index contributed by atoms with van der Waals surface area (Å²) < 4.78 is 4.96. The molecule has 0 spiro atoms. The van der Waals surface area contributed by atoms with Crippen molar-refractivity contribution in [1.82, 2.24) is 0 Å². The van der Waals surface area contributed by atoms with Crippen LogP contribution >= 0.6 is 0 Å². The number of esters is 1. The fourth-order valence-electron chi connectivity index (χ4n) is 1.98. The molecule has 0 aliphatic rings. The van der Waals surface area contributed by atoms with E-state index in [9.17, 15) is 4.79 Å². The quantitative estimate of drug-likeness (QED) is 0.523. The van der Waals surface area contributed by atoms with Crippen LogP contribution in [0.5, 0.6) is 0 Å². The largest absolute Gasteiger partial charge is 0.463 e. The lowest BCUT2D eigenvalue weighted by molar-refractivity contribution is -0.154. The van der Waals surface area contributed by atoms with Gasteiger partial charge < -0.3 is 9.84 Å². The minimum absolute atomic E-state index is 0.442. The van der Waals surface area contributed by atoms with Crippen LogP contribution in [0.25, 0.3) is 0 Å². The molecular formula is C19H40O3. The van der Waals surface area contributed by atoms with Crippen molar-refractivity contribution < 1.29 is 14.6 Å². The summed E-state index contributed by atoms with van der Waals surface area (Å²) in [5.74, 6) is 0.882. The van der Waals surface area contributed by atoms with E-state index in [0.717, 1.165) is 18.8 Å². The van der Waals surface area contributed by atoms with Crippen LogP contribution < -0.4 is 0 Å². The Morgan fingerprint density at radius 3 is 1.91 bits per heavy atom. The zero-order valence-corrected chi connectivity index (χ0v) is 15.9. The van der Waals surface area contributed by atoms with E-state index in [1.54, 1.807) is 0 Å². The Morgan fingerprint density at radius 2 is 1.50 bits per heavy atom. The van der Waals surface area contributed by atoms with Crippen LogP contribution in [0.4, 0.5) is 0 Å². The van der Waals surface area contributed by atoms with Crippen LogP contribution in [0.1, 0.15) is 92.9 Å².